The summed E-state index contributed by atoms with van der Waals surface area (Å²) in [5, 5.41) is 22.6. The normalized spacial score (nSPS) is 17.4. The van der Waals surface area contributed by atoms with E-state index in [1.807, 2.05) is 114 Å². The van der Waals surface area contributed by atoms with Gasteiger partial charge in [0.25, 0.3) is 0 Å². The molecule has 2 unspecified atom stereocenters. The van der Waals surface area contributed by atoms with Gasteiger partial charge >= 0.3 is 11.9 Å². The molecule has 6 rings (SSSR count). The van der Waals surface area contributed by atoms with E-state index < -0.39 is 11.2 Å². The second-order valence-electron chi connectivity index (χ2n) is 16.1. The van der Waals surface area contributed by atoms with Gasteiger partial charge in [-0.25, -0.2) is 9.59 Å². The van der Waals surface area contributed by atoms with Crippen LogP contribution >= 0.6 is 0 Å². The molecule has 0 amide bonds. The molecule has 2 aliphatic rings. The first-order valence-electron chi connectivity index (χ1n) is 19.9. The van der Waals surface area contributed by atoms with Crippen LogP contribution in [0.2, 0.25) is 0 Å². The van der Waals surface area contributed by atoms with Crippen LogP contribution in [-0.4, -0.2) is 84.4 Å². The molecule has 294 valence electrons. The van der Waals surface area contributed by atoms with E-state index >= 15 is 0 Å². The zero-order valence-corrected chi connectivity index (χ0v) is 33.4. The molecule has 0 heterocycles. The van der Waals surface area contributed by atoms with Crippen molar-refractivity contribution in [1.82, 2.24) is 9.80 Å². The standard InChI is InChI=1S/C24H31NO3.C23H29NO3/c1-18-7-9-20(10-8-18)23(26)28-21-13-11-19(12-14-21)22(17-25(2)3)24(27)15-5-4-6-16-24;1-24(2)17-21(23(26)15-7-4-8-16-23)18-11-13-20(14-12-18)27-22(25)19-9-5-3-6-10-19/h7-14,22,27H,4-6,15-17H2,1-3H3;3,5-6,9-14,21,26H,4,7-8,15-17H2,1-2H3. The van der Waals surface area contributed by atoms with Gasteiger partial charge in [-0.2, -0.15) is 0 Å². The molecule has 0 spiro atoms. The molecule has 8 heteroatoms. The van der Waals surface area contributed by atoms with Crippen molar-refractivity contribution in [3.05, 3.63) is 131 Å². The topological polar surface area (TPSA) is 99.5 Å². The lowest BCUT2D eigenvalue weighted by molar-refractivity contribution is -0.0280. The molecule has 2 fully saturated rings. The number of hydrogen-bond donors (Lipinski definition) is 2. The quantitative estimate of drug-likeness (QED) is 0.110. The summed E-state index contributed by atoms with van der Waals surface area (Å²) >= 11 is 0. The molecule has 4 aromatic rings. The number of likely N-dealkylation sites (N-methyl/N-ethyl adjacent to an activating group) is 2. The Hall–Kier alpha value is -4.34. The molecular weight excluding hydrogens is 689 g/mol. The number of carbonyl (C=O) groups excluding carboxylic acids is 2. The van der Waals surface area contributed by atoms with Crippen LogP contribution in [0.15, 0.2) is 103 Å². The number of ether oxygens (including phenoxy) is 2. The fourth-order valence-electron chi connectivity index (χ4n) is 8.06. The lowest BCUT2D eigenvalue weighted by Crippen LogP contribution is -2.42. The van der Waals surface area contributed by atoms with Crippen LogP contribution in [-0.2, 0) is 0 Å². The number of aliphatic hydroxyl groups is 2. The Labute approximate surface area is 328 Å². The number of carbonyl (C=O) groups is 2. The molecule has 0 bridgehead atoms. The average molecular weight is 749 g/mol. The molecule has 2 N–H and O–H groups in total. The van der Waals surface area contributed by atoms with Crippen molar-refractivity contribution in [2.75, 3.05) is 41.3 Å². The van der Waals surface area contributed by atoms with Gasteiger partial charge in [-0.3, -0.25) is 0 Å². The minimum absolute atomic E-state index is 0.0460. The van der Waals surface area contributed by atoms with Crippen LogP contribution < -0.4 is 9.47 Å². The third-order valence-corrected chi connectivity index (χ3v) is 11.1. The van der Waals surface area contributed by atoms with E-state index in [0.29, 0.717) is 22.6 Å². The minimum atomic E-state index is -0.664. The summed E-state index contributed by atoms with van der Waals surface area (Å²) < 4.78 is 11.0. The Morgan fingerprint density at radius 3 is 1.27 bits per heavy atom. The number of rotatable bonds is 12. The second kappa shape index (κ2) is 19.5. The van der Waals surface area contributed by atoms with Gasteiger partial charge in [-0.1, -0.05) is 98.7 Å². The van der Waals surface area contributed by atoms with Crippen LogP contribution in [0.1, 0.15) is 113 Å². The smallest absolute Gasteiger partial charge is 0.343 e. The molecule has 0 aliphatic heterocycles. The minimum Gasteiger partial charge on any atom is -0.423 e. The predicted molar refractivity (Wildman–Crippen MR) is 219 cm³/mol. The largest absolute Gasteiger partial charge is 0.423 e. The molecule has 2 saturated carbocycles. The van der Waals surface area contributed by atoms with Crippen LogP contribution in [0.5, 0.6) is 11.5 Å². The summed E-state index contributed by atoms with van der Waals surface area (Å²) in [6.07, 6.45) is 10.1. The molecule has 2 atom stereocenters. The van der Waals surface area contributed by atoms with Gasteiger partial charge in [0.1, 0.15) is 11.5 Å². The van der Waals surface area contributed by atoms with E-state index in [1.54, 1.807) is 24.3 Å². The number of esters is 2. The van der Waals surface area contributed by atoms with E-state index in [0.717, 1.165) is 81.1 Å². The average Bonchev–Trinajstić information content (AvgIpc) is 3.18. The highest BCUT2D eigenvalue weighted by Gasteiger charge is 2.40. The van der Waals surface area contributed by atoms with Crippen LogP contribution in [0, 0.1) is 6.92 Å². The van der Waals surface area contributed by atoms with Crippen molar-refractivity contribution in [3.8, 4) is 11.5 Å². The third-order valence-electron chi connectivity index (χ3n) is 11.1. The highest BCUT2D eigenvalue weighted by atomic mass is 16.5. The van der Waals surface area contributed by atoms with Crippen LogP contribution in [0.4, 0.5) is 0 Å². The number of nitrogens with zero attached hydrogens (tertiary/aromatic N) is 2. The Balaban J connectivity index is 0.000000211. The first-order valence-corrected chi connectivity index (χ1v) is 19.9. The van der Waals surface area contributed by atoms with Crippen molar-refractivity contribution in [3.63, 3.8) is 0 Å². The van der Waals surface area contributed by atoms with Gasteiger partial charge in [-0.15, -0.1) is 0 Å². The van der Waals surface area contributed by atoms with Gasteiger partial charge in [0.2, 0.25) is 0 Å². The second-order valence-corrected chi connectivity index (χ2v) is 16.1. The molecule has 0 aromatic heterocycles. The fraction of sp³-hybridized carbons (Fsp3) is 0.447. The highest BCUT2D eigenvalue weighted by Crippen LogP contribution is 2.42. The van der Waals surface area contributed by atoms with E-state index in [9.17, 15) is 19.8 Å². The Morgan fingerprint density at radius 1 is 0.545 bits per heavy atom. The summed E-state index contributed by atoms with van der Waals surface area (Å²) in [6, 6.07) is 31.6. The molecule has 55 heavy (non-hydrogen) atoms. The molecular formula is C47H60N2O6. The zero-order valence-electron chi connectivity index (χ0n) is 33.4. The molecule has 2 aliphatic carbocycles. The predicted octanol–water partition coefficient (Wildman–Crippen LogP) is 8.80. The fourth-order valence-corrected chi connectivity index (χ4v) is 8.06. The zero-order chi connectivity index (χ0) is 39.4. The van der Waals surface area contributed by atoms with Crippen molar-refractivity contribution in [2.24, 2.45) is 0 Å². The van der Waals surface area contributed by atoms with E-state index in [4.69, 9.17) is 9.47 Å². The maximum atomic E-state index is 12.3. The Kier molecular flexibility index (Phi) is 14.8. The Morgan fingerprint density at radius 2 is 0.909 bits per heavy atom. The van der Waals surface area contributed by atoms with Gasteiger partial charge in [0, 0.05) is 24.9 Å². The summed E-state index contributed by atoms with van der Waals surface area (Å²) in [4.78, 5) is 28.8. The van der Waals surface area contributed by atoms with E-state index in [1.165, 1.54) is 12.8 Å². The van der Waals surface area contributed by atoms with Gasteiger partial charge in [0.15, 0.2) is 0 Å². The molecule has 4 aromatic carbocycles. The summed E-state index contributed by atoms with van der Waals surface area (Å²) in [7, 11) is 8.15. The number of aryl methyl sites for hydroxylation is 1. The van der Waals surface area contributed by atoms with Crippen molar-refractivity contribution < 1.29 is 29.3 Å². The summed E-state index contributed by atoms with van der Waals surface area (Å²) in [6.45, 7) is 3.57. The maximum absolute atomic E-state index is 12.3. The lowest BCUT2D eigenvalue weighted by atomic mass is 9.72. The third kappa shape index (κ3) is 11.8. The van der Waals surface area contributed by atoms with Gasteiger partial charge in [-0.05, 0) is 120 Å². The maximum Gasteiger partial charge on any atom is 0.343 e. The van der Waals surface area contributed by atoms with Gasteiger partial charge in [0.05, 0.1) is 22.3 Å². The van der Waals surface area contributed by atoms with Gasteiger partial charge < -0.3 is 29.5 Å². The van der Waals surface area contributed by atoms with E-state index in [-0.39, 0.29) is 23.8 Å². The Bertz CT molecular complexity index is 1780. The van der Waals surface area contributed by atoms with Crippen molar-refractivity contribution in [1.29, 1.82) is 0 Å². The monoisotopic (exact) mass is 748 g/mol. The number of benzene rings is 4. The summed E-state index contributed by atoms with van der Waals surface area (Å²) in [5.41, 5.74) is 3.03. The van der Waals surface area contributed by atoms with Crippen LogP contribution in [0.25, 0.3) is 0 Å². The first-order chi connectivity index (χ1) is 26.3. The SMILES string of the molecule is CN(C)CC(c1ccc(OC(=O)c2ccccc2)cc1)C1(O)CCCCC1.Cc1ccc(C(=O)Oc2ccc(C(CN(C)C)C3(O)CCCCC3)cc2)cc1. The highest BCUT2D eigenvalue weighted by molar-refractivity contribution is 5.91. The lowest BCUT2D eigenvalue weighted by Gasteiger charge is -2.40. The van der Waals surface area contributed by atoms with Crippen molar-refractivity contribution in [2.45, 2.75) is 94.2 Å². The molecule has 0 saturated heterocycles. The first kappa shape index (κ1) is 41.8. The summed E-state index contributed by atoms with van der Waals surface area (Å²) in [5.74, 6) is 0.416. The van der Waals surface area contributed by atoms with Crippen LogP contribution in [0.3, 0.4) is 0 Å². The van der Waals surface area contributed by atoms with E-state index in [2.05, 4.69) is 9.80 Å². The van der Waals surface area contributed by atoms with Crippen molar-refractivity contribution >= 4 is 11.9 Å². The number of hydrogen-bond acceptors (Lipinski definition) is 8. The molecule has 8 nitrogen and oxygen atoms in total. The molecule has 0 radical (unpaired) electrons.